The maximum absolute atomic E-state index is 2.55. The second-order valence-electron chi connectivity index (χ2n) is 33.6. The molecule has 1 unspecified atom stereocenters. The Morgan fingerprint density at radius 2 is 0.460 bits per heavy atom. The van der Waals surface area contributed by atoms with Gasteiger partial charge in [-0.2, -0.15) is 0 Å². The van der Waals surface area contributed by atoms with Gasteiger partial charge in [-0.3, -0.25) is 0 Å². The molecule has 24 rings (SSSR count). The Labute approximate surface area is 734 Å². The van der Waals surface area contributed by atoms with Crippen LogP contribution in [0.25, 0.3) is 143 Å². The maximum atomic E-state index is 2.55. The smallest absolute Gasteiger partial charge is 0.0714 e. The van der Waals surface area contributed by atoms with Crippen molar-refractivity contribution in [3.63, 3.8) is 0 Å². The standard InChI is InChI=1S/C124H82N2/c1-4-37-94(38-5-1)123(95-39-6-2-7-40-95)114-55-21-18-50-111(114)122-116(123)57-29-61-120(122)126(100-77-70-90(71-78-100)106-54-27-35-87-32-12-15-46-103(87)106)118-59-23-20-47-108(118)92-72-79-107-93(80-92)82-113(110-49-17-16-48-109(107)110)91-36-24-43-97(81-91)124(96-41-8-3-9-42-96)115-56-22-19-51-112(115)121-117(124)58-28-60-119(121)125(99-75-68-89(69-76-99)105-53-26-34-86-31-11-14-45-102(86)105)98-73-66-84(67-74-98)83-62-64-88(65-63-83)104-52-25-33-85-30-10-13-44-101(85)104/h1-82H. The molecule has 588 valence electrons. The monoisotopic (exact) mass is 1600 g/mol. The van der Waals surface area contributed by atoms with Crippen molar-refractivity contribution in [1.29, 1.82) is 0 Å². The van der Waals surface area contributed by atoms with E-state index in [9.17, 15) is 0 Å². The number of rotatable bonds is 16. The van der Waals surface area contributed by atoms with Crippen LogP contribution in [-0.4, -0.2) is 0 Å². The highest BCUT2D eigenvalue weighted by Crippen LogP contribution is 2.63. The summed E-state index contributed by atoms with van der Waals surface area (Å²) in [4.78, 5) is 5.04. The summed E-state index contributed by atoms with van der Waals surface area (Å²) in [5.74, 6) is 0. The van der Waals surface area contributed by atoms with E-state index in [2.05, 4.69) is 507 Å². The molecule has 22 aromatic carbocycles. The largest absolute Gasteiger partial charge is 0.310 e. The molecule has 2 nitrogen and oxygen atoms in total. The van der Waals surface area contributed by atoms with Gasteiger partial charge < -0.3 is 9.80 Å². The molecule has 0 bridgehead atoms. The second kappa shape index (κ2) is 30.4. The van der Waals surface area contributed by atoms with Gasteiger partial charge >= 0.3 is 0 Å². The van der Waals surface area contributed by atoms with Crippen LogP contribution >= 0.6 is 0 Å². The molecular weight excluding hydrogens is 1520 g/mol. The second-order valence-corrected chi connectivity index (χ2v) is 33.6. The third kappa shape index (κ3) is 11.9. The summed E-state index contributed by atoms with van der Waals surface area (Å²) < 4.78 is 0. The zero-order valence-electron chi connectivity index (χ0n) is 69.2. The van der Waals surface area contributed by atoms with Gasteiger partial charge in [-0.1, -0.05) is 425 Å². The summed E-state index contributed by atoms with van der Waals surface area (Å²) in [5.41, 5.74) is 33.8. The van der Waals surface area contributed by atoms with Crippen molar-refractivity contribution in [3.8, 4) is 89.0 Å². The first kappa shape index (κ1) is 73.6. The predicted molar refractivity (Wildman–Crippen MR) is 531 cm³/mol. The van der Waals surface area contributed by atoms with E-state index >= 15 is 0 Å². The first-order chi connectivity index (χ1) is 62.5. The van der Waals surface area contributed by atoms with Gasteiger partial charge in [-0.25, -0.2) is 0 Å². The summed E-state index contributed by atoms with van der Waals surface area (Å²) in [5, 5.41) is 12.2. The van der Waals surface area contributed by atoms with Gasteiger partial charge in [-0.05, 0) is 243 Å². The van der Waals surface area contributed by atoms with Crippen LogP contribution < -0.4 is 9.80 Å². The van der Waals surface area contributed by atoms with Crippen molar-refractivity contribution in [2.45, 2.75) is 10.8 Å². The van der Waals surface area contributed by atoms with Crippen molar-refractivity contribution in [2.24, 2.45) is 0 Å². The number of anilines is 6. The van der Waals surface area contributed by atoms with E-state index in [1.54, 1.807) is 0 Å². The van der Waals surface area contributed by atoms with E-state index in [-0.39, 0.29) is 0 Å². The number of fused-ring (bicyclic) bond motifs is 12. The predicted octanol–water partition coefficient (Wildman–Crippen LogP) is 33.1. The van der Waals surface area contributed by atoms with Crippen molar-refractivity contribution in [1.82, 2.24) is 0 Å². The summed E-state index contributed by atoms with van der Waals surface area (Å²) in [7, 11) is 0. The van der Waals surface area contributed by atoms with Crippen LogP contribution in [0.1, 0.15) is 44.5 Å². The van der Waals surface area contributed by atoms with Gasteiger partial charge in [0.2, 0.25) is 0 Å². The number of nitrogens with zero attached hydrogens (tertiary/aromatic N) is 2. The fraction of sp³-hybridized carbons (Fsp3) is 0.0161. The molecule has 22 aromatic rings. The first-order valence-corrected chi connectivity index (χ1v) is 43.8. The minimum absolute atomic E-state index is 0.606. The lowest BCUT2D eigenvalue weighted by Gasteiger charge is -2.35. The van der Waals surface area contributed by atoms with Crippen LogP contribution in [0.3, 0.4) is 0 Å². The van der Waals surface area contributed by atoms with Crippen LogP contribution in [0.5, 0.6) is 0 Å². The Morgan fingerprint density at radius 1 is 0.143 bits per heavy atom. The molecular formula is C124H82N2. The molecule has 0 N–H and O–H groups in total. The average molecular weight is 1600 g/mol. The minimum atomic E-state index is -0.762. The molecule has 1 atom stereocenters. The highest BCUT2D eigenvalue weighted by molar-refractivity contribution is 6.15. The summed E-state index contributed by atoms with van der Waals surface area (Å²) in [6.45, 7) is 0. The molecule has 0 aliphatic heterocycles. The molecule has 0 radical (unpaired) electrons. The number of hydrogen-bond donors (Lipinski definition) is 0. The fourth-order valence-corrected chi connectivity index (χ4v) is 21.5. The molecule has 0 spiro atoms. The maximum Gasteiger partial charge on any atom is 0.0714 e. The number of para-hydroxylation sites is 1. The zero-order chi connectivity index (χ0) is 83.2. The van der Waals surface area contributed by atoms with Gasteiger partial charge in [0, 0.05) is 33.8 Å². The Balaban J connectivity index is 0.656. The van der Waals surface area contributed by atoms with Crippen molar-refractivity contribution in [2.75, 3.05) is 9.80 Å². The van der Waals surface area contributed by atoms with E-state index in [1.807, 2.05) is 0 Å². The zero-order valence-corrected chi connectivity index (χ0v) is 69.2. The lowest BCUT2D eigenvalue weighted by Crippen LogP contribution is -2.28. The van der Waals surface area contributed by atoms with Crippen LogP contribution in [0.2, 0.25) is 0 Å². The first-order valence-electron chi connectivity index (χ1n) is 43.8. The number of benzene rings is 22. The van der Waals surface area contributed by atoms with Crippen LogP contribution in [0.15, 0.2) is 497 Å². The van der Waals surface area contributed by atoms with Crippen LogP contribution in [0, 0.1) is 0 Å². The molecule has 0 heterocycles. The summed E-state index contributed by atoms with van der Waals surface area (Å²) in [6.07, 6.45) is 0. The Hall–Kier alpha value is -16.3. The van der Waals surface area contributed by atoms with E-state index in [0.717, 1.165) is 72.9 Å². The van der Waals surface area contributed by atoms with E-state index < -0.39 is 10.8 Å². The van der Waals surface area contributed by atoms with E-state index in [1.165, 1.54) is 149 Å². The highest BCUT2D eigenvalue weighted by Gasteiger charge is 2.49. The average Bonchev–Trinajstić information content (AvgIpc) is 1.53. The molecule has 2 aliphatic carbocycles. The fourth-order valence-electron chi connectivity index (χ4n) is 21.5. The Bertz CT molecular complexity index is 7940. The molecule has 0 saturated heterocycles. The molecule has 0 fully saturated rings. The van der Waals surface area contributed by atoms with Crippen molar-refractivity contribution >= 4 is 88.0 Å². The van der Waals surface area contributed by atoms with E-state index in [0.29, 0.717) is 0 Å². The molecule has 126 heavy (non-hydrogen) atoms. The third-order valence-corrected chi connectivity index (χ3v) is 27.0. The molecule has 0 aromatic heterocycles. The molecule has 2 heteroatoms. The third-order valence-electron chi connectivity index (χ3n) is 27.0. The van der Waals surface area contributed by atoms with Gasteiger partial charge in [0.1, 0.15) is 0 Å². The summed E-state index contributed by atoms with van der Waals surface area (Å²) in [6, 6.07) is 186. The Kier molecular flexibility index (Phi) is 17.8. The van der Waals surface area contributed by atoms with Gasteiger partial charge in [0.25, 0.3) is 0 Å². The van der Waals surface area contributed by atoms with Crippen LogP contribution in [0.4, 0.5) is 34.1 Å². The molecule has 2 aliphatic rings. The van der Waals surface area contributed by atoms with Crippen LogP contribution in [-0.2, 0) is 10.8 Å². The normalized spacial score (nSPS) is 13.5. The van der Waals surface area contributed by atoms with Gasteiger partial charge in [0.15, 0.2) is 0 Å². The Morgan fingerprint density at radius 3 is 0.960 bits per heavy atom. The lowest BCUT2D eigenvalue weighted by atomic mass is 9.67. The molecule has 0 saturated carbocycles. The summed E-state index contributed by atoms with van der Waals surface area (Å²) >= 11 is 0. The number of hydrogen-bond acceptors (Lipinski definition) is 2. The van der Waals surface area contributed by atoms with Gasteiger partial charge in [0.05, 0.1) is 27.9 Å². The quantitative estimate of drug-likeness (QED) is 0.0890. The SMILES string of the molecule is c1ccc(C2(c3cccc(-c4cc5cc(-c6ccccc6N(c6ccc(-c7cccc8ccccc78)cc6)c6cccc7c6-c6ccccc6C7(c6ccccc6)c6ccccc6)ccc5c5ccccc45)c3)c3ccccc3-c3c(N(c4ccc(-c5ccc(-c6cccc7ccccc67)cc5)cc4)c4ccc(-c5cccc6ccccc56)cc4)cccc32)cc1. The topological polar surface area (TPSA) is 6.48 Å². The van der Waals surface area contributed by atoms with Gasteiger partial charge in [-0.15, -0.1) is 0 Å². The van der Waals surface area contributed by atoms with Crippen molar-refractivity contribution < 1.29 is 0 Å². The molecule has 0 amide bonds. The van der Waals surface area contributed by atoms with Crippen molar-refractivity contribution in [3.05, 3.63) is 542 Å². The highest BCUT2D eigenvalue weighted by atomic mass is 15.2. The lowest BCUT2D eigenvalue weighted by molar-refractivity contribution is 0.768. The minimum Gasteiger partial charge on any atom is -0.310 e. The van der Waals surface area contributed by atoms with E-state index in [4.69, 9.17) is 0 Å².